The molecule has 0 radical (unpaired) electrons. The third kappa shape index (κ3) is 3.99. The second-order valence-electron chi connectivity index (χ2n) is 8.67. The lowest BCUT2D eigenvalue weighted by molar-refractivity contribution is -0.119. The van der Waals surface area contributed by atoms with Crippen LogP contribution >= 0.6 is 0 Å². The van der Waals surface area contributed by atoms with Crippen molar-refractivity contribution >= 4 is 33.1 Å². The van der Waals surface area contributed by atoms with Gasteiger partial charge in [0.05, 0.1) is 0 Å². The Kier molecular flexibility index (Phi) is 5.63. The van der Waals surface area contributed by atoms with Gasteiger partial charge in [-0.05, 0) is 62.1 Å². The highest BCUT2D eigenvalue weighted by atomic mass is 32.2. The van der Waals surface area contributed by atoms with Crippen LogP contribution in [0.25, 0.3) is 0 Å². The molecule has 0 aromatic heterocycles. The smallest absolute Gasteiger partial charge is 0.285 e. The first-order valence-corrected chi connectivity index (χ1v) is 12.8. The van der Waals surface area contributed by atoms with E-state index in [1.807, 2.05) is 17.0 Å². The predicted octanol–water partition coefficient (Wildman–Crippen LogP) is 3.62. The van der Waals surface area contributed by atoms with Crippen LogP contribution in [0.3, 0.4) is 0 Å². The Morgan fingerprint density at radius 3 is 2.38 bits per heavy atom. The minimum absolute atomic E-state index is 0.130. The van der Waals surface area contributed by atoms with Gasteiger partial charge in [0.2, 0.25) is 5.91 Å². The zero-order valence-corrected chi connectivity index (χ0v) is 18.9. The molecule has 1 amide bonds. The van der Waals surface area contributed by atoms with Gasteiger partial charge in [0.25, 0.3) is 10.0 Å². The molecule has 3 aliphatic rings. The van der Waals surface area contributed by atoms with Crippen molar-refractivity contribution in [2.75, 3.05) is 29.9 Å². The summed E-state index contributed by atoms with van der Waals surface area (Å²) in [6.45, 7) is 2.76. The molecule has 2 aromatic rings. The van der Waals surface area contributed by atoms with Gasteiger partial charge in [-0.25, -0.2) is 0 Å². The molecule has 2 saturated heterocycles. The van der Waals surface area contributed by atoms with Crippen molar-refractivity contribution in [2.45, 2.75) is 49.5 Å². The van der Waals surface area contributed by atoms with Gasteiger partial charge in [-0.15, -0.1) is 4.40 Å². The highest BCUT2D eigenvalue weighted by molar-refractivity contribution is 7.90. The molecule has 7 nitrogen and oxygen atoms in total. The minimum atomic E-state index is -3.71. The zero-order chi connectivity index (χ0) is 22.1. The number of carbonyl (C=O) groups excluding carboxylic acids is 1. The van der Waals surface area contributed by atoms with E-state index in [4.69, 9.17) is 0 Å². The third-order valence-electron chi connectivity index (χ3n) is 6.55. The van der Waals surface area contributed by atoms with Crippen LogP contribution < -0.4 is 10.2 Å². The largest absolute Gasteiger partial charge is 0.372 e. The molecule has 2 fully saturated rings. The summed E-state index contributed by atoms with van der Waals surface area (Å²) in [7, 11) is -3.71. The number of benzene rings is 2. The number of nitrogens with zero attached hydrogens (tertiary/aromatic N) is 3. The molecule has 0 spiro atoms. The lowest BCUT2D eigenvalue weighted by atomic mass is 10.1. The standard InChI is InChI=1S/C24H28N4O3S/c29-24(25-18-11-13-19(14-12-18)27-15-5-1-2-6-16-27)21-9-7-17-28(21)23-20-8-3-4-10-22(20)32(30,31)26-23/h3-4,8,10-14,21H,1-2,5-7,9,15-17H2,(H,25,29)/t21-/m0/s1. The second-order valence-corrected chi connectivity index (χ2v) is 10.2. The van der Waals surface area contributed by atoms with E-state index in [1.54, 1.807) is 24.3 Å². The number of likely N-dealkylation sites (tertiary alicyclic amines) is 1. The Balaban J connectivity index is 1.31. The molecule has 0 unspecified atom stereocenters. The van der Waals surface area contributed by atoms with Gasteiger partial charge in [0, 0.05) is 36.6 Å². The number of fused-ring (bicyclic) bond motifs is 1. The molecule has 3 heterocycles. The topological polar surface area (TPSA) is 82.1 Å². The van der Waals surface area contributed by atoms with Crippen LogP contribution in [0, 0.1) is 0 Å². The first kappa shape index (κ1) is 21.0. The first-order valence-electron chi connectivity index (χ1n) is 11.4. The molecular weight excluding hydrogens is 424 g/mol. The Hall–Kier alpha value is -2.87. The summed E-state index contributed by atoms with van der Waals surface area (Å²) in [5, 5.41) is 3.02. The Morgan fingerprint density at radius 1 is 0.906 bits per heavy atom. The van der Waals surface area contributed by atoms with Crippen LogP contribution in [0.5, 0.6) is 0 Å². The molecule has 1 N–H and O–H groups in total. The van der Waals surface area contributed by atoms with Gasteiger partial charge in [0.15, 0.2) is 5.84 Å². The fourth-order valence-corrected chi connectivity index (χ4v) is 6.12. The van der Waals surface area contributed by atoms with E-state index in [1.165, 1.54) is 31.4 Å². The van der Waals surface area contributed by atoms with Crippen molar-refractivity contribution in [3.63, 3.8) is 0 Å². The van der Waals surface area contributed by atoms with E-state index in [-0.39, 0.29) is 10.8 Å². The summed E-state index contributed by atoms with van der Waals surface area (Å²) in [6.07, 6.45) is 6.50. The minimum Gasteiger partial charge on any atom is -0.372 e. The number of amidine groups is 1. The normalized spacial score (nSPS) is 22.2. The van der Waals surface area contributed by atoms with Gasteiger partial charge in [-0.1, -0.05) is 25.0 Å². The second kappa shape index (κ2) is 8.58. The molecule has 0 aliphatic carbocycles. The SMILES string of the molecule is O=C(Nc1ccc(N2CCCCCC2)cc1)[C@@H]1CCCN1C1=NS(=O)(=O)c2ccccc21. The van der Waals surface area contributed by atoms with Gasteiger partial charge in [0.1, 0.15) is 10.9 Å². The van der Waals surface area contributed by atoms with E-state index >= 15 is 0 Å². The number of sulfonamides is 1. The third-order valence-corrected chi connectivity index (χ3v) is 7.87. The number of anilines is 2. The molecule has 32 heavy (non-hydrogen) atoms. The number of hydrogen-bond donors (Lipinski definition) is 1. The van der Waals surface area contributed by atoms with Gasteiger partial charge in [-0.2, -0.15) is 8.42 Å². The molecule has 0 bridgehead atoms. The summed E-state index contributed by atoms with van der Waals surface area (Å²) >= 11 is 0. The van der Waals surface area contributed by atoms with Crippen LogP contribution in [-0.2, 0) is 14.8 Å². The van der Waals surface area contributed by atoms with Crippen molar-refractivity contribution in [3.8, 4) is 0 Å². The Labute approximate surface area is 189 Å². The van der Waals surface area contributed by atoms with E-state index in [0.717, 1.165) is 25.2 Å². The van der Waals surface area contributed by atoms with Crippen molar-refractivity contribution in [1.82, 2.24) is 4.90 Å². The maximum absolute atomic E-state index is 13.1. The van der Waals surface area contributed by atoms with Crippen LogP contribution in [0.2, 0.25) is 0 Å². The zero-order valence-electron chi connectivity index (χ0n) is 18.0. The van der Waals surface area contributed by atoms with E-state index < -0.39 is 16.1 Å². The summed E-state index contributed by atoms with van der Waals surface area (Å²) in [5.41, 5.74) is 2.52. The van der Waals surface area contributed by atoms with Crippen LogP contribution in [0.1, 0.15) is 44.1 Å². The van der Waals surface area contributed by atoms with E-state index in [0.29, 0.717) is 24.4 Å². The summed E-state index contributed by atoms with van der Waals surface area (Å²) in [5.74, 6) is 0.254. The molecule has 168 valence electrons. The highest BCUT2D eigenvalue weighted by Gasteiger charge is 2.39. The van der Waals surface area contributed by atoms with Crippen molar-refractivity contribution in [2.24, 2.45) is 4.40 Å². The summed E-state index contributed by atoms with van der Waals surface area (Å²) < 4.78 is 28.9. The average Bonchev–Trinajstić information content (AvgIpc) is 3.26. The quantitative estimate of drug-likeness (QED) is 0.769. The molecule has 5 rings (SSSR count). The maximum atomic E-state index is 13.1. The Morgan fingerprint density at radius 2 is 1.62 bits per heavy atom. The lowest BCUT2D eigenvalue weighted by Gasteiger charge is -2.26. The van der Waals surface area contributed by atoms with Crippen LogP contribution in [0.15, 0.2) is 57.8 Å². The highest BCUT2D eigenvalue weighted by Crippen LogP contribution is 2.31. The molecule has 2 aromatic carbocycles. The lowest BCUT2D eigenvalue weighted by Crippen LogP contribution is -2.43. The van der Waals surface area contributed by atoms with Gasteiger partial charge < -0.3 is 15.1 Å². The first-order chi connectivity index (χ1) is 15.5. The average molecular weight is 453 g/mol. The van der Waals surface area contributed by atoms with Crippen molar-refractivity contribution in [3.05, 3.63) is 54.1 Å². The number of carbonyl (C=O) groups is 1. The summed E-state index contributed by atoms with van der Waals surface area (Å²) in [4.78, 5) is 17.6. The Bertz CT molecular complexity index is 1140. The number of rotatable bonds is 3. The number of amides is 1. The van der Waals surface area contributed by atoms with Crippen LogP contribution in [-0.4, -0.2) is 50.7 Å². The number of hydrogen-bond acceptors (Lipinski definition) is 5. The van der Waals surface area contributed by atoms with Crippen molar-refractivity contribution < 1.29 is 13.2 Å². The van der Waals surface area contributed by atoms with Gasteiger partial charge >= 0.3 is 0 Å². The monoisotopic (exact) mass is 452 g/mol. The predicted molar refractivity (Wildman–Crippen MR) is 126 cm³/mol. The van der Waals surface area contributed by atoms with Crippen LogP contribution in [0.4, 0.5) is 11.4 Å². The summed E-state index contributed by atoms with van der Waals surface area (Å²) in [6, 6.07) is 14.4. The van der Waals surface area contributed by atoms with E-state index in [9.17, 15) is 13.2 Å². The van der Waals surface area contributed by atoms with Gasteiger partial charge in [-0.3, -0.25) is 4.79 Å². The van der Waals surface area contributed by atoms with Crippen molar-refractivity contribution in [1.29, 1.82) is 0 Å². The molecular formula is C24H28N4O3S. The fraction of sp³-hybridized carbons (Fsp3) is 0.417. The molecule has 1 atom stereocenters. The molecule has 0 saturated carbocycles. The number of nitrogens with one attached hydrogen (secondary N) is 1. The molecule has 8 heteroatoms. The maximum Gasteiger partial charge on any atom is 0.285 e. The fourth-order valence-electron chi connectivity index (χ4n) is 4.90. The molecule has 3 aliphatic heterocycles. The van der Waals surface area contributed by atoms with E-state index in [2.05, 4.69) is 26.7 Å².